The van der Waals surface area contributed by atoms with Crippen molar-refractivity contribution in [2.75, 3.05) is 4.90 Å². The van der Waals surface area contributed by atoms with Gasteiger partial charge in [-0.1, -0.05) is 17.7 Å². The van der Waals surface area contributed by atoms with E-state index in [9.17, 15) is 9.59 Å². The van der Waals surface area contributed by atoms with Crippen molar-refractivity contribution in [3.63, 3.8) is 0 Å². The molecule has 0 N–H and O–H groups in total. The Morgan fingerprint density at radius 3 is 2.18 bits per heavy atom. The molecule has 5 nitrogen and oxygen atoms in total. The Bertz CT molecular complexity index is 1250. The minimum Gasteiger partial charge on any atom is -0.461 e. The van der Waals surface area contributed by atoms with Crippen molar-refractivity contribution in [3.05, 3.63) is 52.9 Å². The summed E-state index contributed by atoms with van der Waals surface area (Å²) in [6, 6.07) is 11.0. The van der Waals surface area contributed by atoms with E-state index in [0.29, 0.717) is 38.6 Å². The Hall–Kier alpha value is -3.05. The molecule has 0 aliphatic carbocycles. The van der Waals surface area contributed by atoms with Crippen molar-refractivity contribution in [3.8, 4) is 11.3 Å². The van der Waals surface area contributed by atoms with Gasteiger partial charge in [0.05, 0.1) is 11.3 Å². The van der Waals surface area contributed by atoms with E-state index >= 15 is 0 Å². The van der Waals surface area contributed by atoms with E-state index in [1.165, 1.54) is 13.8 Å². The van der Waals surface area contributed by atoms with Crippen molar-refractivity contribution < 1.29 is 18.4 Å². The highest BCUT2D eigenvalue weighted by molar-refractivity contribution is 6.33. The maximum atomic E-state index is 12.3. The van der Waals surface area contributed by atoms with E-state index in [0.717, 1.165) is 21.6 Å². The second-order valence-corrected chi connectivity index (χ2v) is 7.23. The van der Waals surface area contributed by atoms with Crippen molar-refractivity contribution >= 4 is 50.8 Å². The average molecular weight is 396 g/mol. The van der Waals surface area contributed by atoms with Crippen molar-refractivity contribution in [2.24, 2.45) is 0 Å². The molecular formula is C22H18ClNO4. The molecule has 0 saturated heterocycles. The second kappa shape index (κ2) is 6.53. The Morgan fingerprint density at radius 1 is 0.857 bits per heavy atom. The first-order chi connectivity index (χ1) is 13.3. The third-order valence-corrected chi connectivity index (χ3v) is 4.92. The van der Waals surface area contributed by atoms with Gasteiger partial charge in [0.25, 0.3) is 0 Å². The van der Waals surface area contributed by atoms with Crippen LogP contribution < -0.4 is 4.90 Å². The van der Waals surface area contributed by atoms with Crippen LogP contribution in [-0.4, -0.2) is 11.8 Å². The third kappa shape index (κ3) is 2.79. The number of anilines is 1. The predicted octanol–water partition coefficient (Wildman–Crippen LogP) is 6.02. The van der Waals surface area contributed by atoms with Gasteiger partial charge in [-0.15, -0.1) is 0 Å². The van der Waals surface area contributed by atoms with Gasteiger partial charge in [0.15, 0.2) is 0 Å². The Kier molecular flexibility index (Phi) is 4.27. The molecular weight excluding hydrogens is 378 g/mol. The lowest BCUT2D eigenvalue weighted by Gasteiger charge is -2.21. The number of hydrogen-bond donors (Lipinski definition) is 0. The fourth-order valence-electron chi connectivity index (χ4n) is 3.66. The molecule has 0 bridgehead atoms. The lowest BCUT2D eigenvalue weighted by atomic mass is 9.97. The molecule has 2 amide bonds. The summed E-state index contributed by atoms with van der Waals surface area (Å²) < 4.78 is 11.9. The number of imide groups is 1. The van der Waals surface area contributed by atoms with Gasteiger partial charge < -0.3 is 8.83 Å². The maximum Gasteiger partial charge on any atom is 0.230 e. The molecule has 4 aromatic rings. The number of carbonyl (C=O) groups excluding carboxylic acids is 2. The maximum absolute atomic E-state index is 12.3. The van der Waals surface area contributed by atoms with Crippen LogP contribution in [0.1, 0.15) is 25.4 Å². The fourth-order valence-corrected chi connectivity index (χ4v) is 3.84. The number of aryl methyl sites for hydroxylation is 2. The molecule has 4 rings (SSSR count). The highest BCUT2D eigenvalue weighted by atomic mass is 35.5. The minimum absolute atomic E-state index is 0.379. The summed E-state index contributed by atoms with van der Waals surface area (Å²) in [6.07, 6.45) is 0. The number of hydrogen-bond acceptors (Lipinski definition) is 4. The first-order valence-corrected chi connectivity index (χ1v) is 9.19. The van der Waals surface area contributed by atoms with Gasteiger partial charge in [-0.05, 0) is 49.6 Å². The highest BCUT2D eigenvalue weighted by Gasteiger charge is 2.27. The van der Waals surface area contributed by atoms with Crippen molar-refractivity contribution in [2.45, 2.75) is 27.7 Å². The summed E-state index contributed by atoms with van der Waals surface area (Å²) in [5, 5.41) is 2.61. The Morgan fingerprint density at radius 2 is 1.57 bits per heavy atom. The van der Waals surface area contributed by atoms with Crippen LogP contribution in [0.5, 0.6) is 0 Å². The molecule has 2 heterocycles. The summed E-state index contributed by atoms with van der Waals surface area (Å²) in [7, 11) is 0. The number of rotatable bonds is 2. The molecule has 0 aliphatic heterocycles. The van der Waals surface area contributed by atoms with Gasteiger partial charge in [0, 0.05) is 29.6 Å². The van der Waals surface area contributed by atoms with E-state index in [4.69, 9.17) is 20.4 Å². The molecule has 0 atom stereocenters. The molecule has 0 fully saturated rings. The Balaban J connectivity index is 2.26. The summed E-state index contributed by atoms with van der Waals surface area (Å²) in [5.74, 6) is 1.32. The van der Waals surface area contributed by atoms with Gasteiger partial charge in [0.2, 0.25) is 11.8 Å². The smallest absolute Gasteiger partial charge is 0.230 e. The normalized spacial score (nSPS) is 11.3. The molecule has 142 valence electrons. The van der Waals surface area contributed by atoms with Crippen LogP contribution >= 0.6 is 11.6 Å². The topological polar surface area (TPSA) is 63.7 Å². The largest absolute Gasteiger partial charge is 0.461 e. The van der Waals surface area contributed by atoms with E-state index in [1.54, 1.807) is 12.1 Å². The number of benzene rings is 2. The van der Waals surface area contributed by atoms with Crippen LogP contribution in [0.4, 0.5) is 5.69 Å². The molecule has 0 unspecified atom stereocenters. The quantitative estimate of drug-likeness (QED) is 0.416. The van der Waals surface area contributed by atoms with Gasteiger partial charge in [0.1, 0.15) is 22.9 Å². The highest BCUT2D eigenvalue weighted by Crippen LogP contribution is 2.45. The van der Waals surface area contributed by atoms with Crippen LogP contribution in [0.2, 0.25) is 5.02 Å². The van der Waals surface area contributed by atoms with Crippen LogP contribution in [0.3, 0.4) is 0 Å². The average Bonchev–Trinajstić information content (AvgIpc) is 3.19. The number of nitrogens with zero attached hydrogens (tertiary/aromatic N) is 1. The van der Waals surface area contributed by atoms with Crippen LogP contribution in [0.25, 0.3) is 33.1 Å². The number of fused-ring (bicyclic) bond motifs is 2. The van der Waals surface area contributed by atoms with Gasteiger partial charge >= 0.3 is 0 Å². The van der Waals surface area contributed by atoms with Crippen LogP contribution in [0, 0.1) is 13.8 Å². The zero-order chi connectivity index (χ0) is 20.2. The summed E-state index contributed by atoms with van der Waals surface area (Å²) >= 11 is 6.28. The van der Waals surface area contributed by atoms with Crippen molar-refractivity contribution in [1.29, 1.82) is 0 Å². The number of furan rings is 2. The van der Waals surface area contributed by atoms with E-state index in [1.807, 2.05) is 38.1 Å². The Labute approximate surface area is 166 Å². The van der Waals surface area contributed by atoms with E-state index in [2.05, 4.69) is 0 Å². The van der Waals surface area contributed by atoms with Gasteiger partial charge in [-0.25, -0.2) is 4.90 Å². The van der Waals surface area contributed by atoms with E-state index < -0.39 is 0 Å². The number of halogens is 1. The molecule has 0 aliphatic rings. The van der Waals surface area contributed by atoms with Gasteiger partial charge in [-0.3, -0.25) is 9.59 Å². The van der Waals surface area contributed by atoms with Crippen molar-refractivity contribution in [1.82, 2.24) is 0 Å². The summed E-state index contributed by atoms with van der Waals surface area (Å²) in [4.78, 5) is 25.9. The minimum atomic E-state index is -0.379. The lowest BCUT2D eigenvalue weighted by Crippen LogP contribution is -2.33. The second-order valence-electron chi connectivity index (χ2n) is 6.80. The zero-order valence-corrected chi connectivity index (χ0v) is 16.7. The van der Waals surface area contributed by atoms with Crippen LogP contribution in [-0.2, 0) is 9.59 Å². The first-order valence-electron chi connectivity index (χ1n) is 8.81. The molecule has 0 saturated carbocycles. The molecule has 28 heavy (non-hydrogen) atoms. The monoisotopic (exact) mass is 395 g/mol. The third-order valence-electron chi connectivity index (χ3n) is 4.68. The SMILES string of the molecule is CC(=O)N(C(C)=O)c1c2cc(Cl)ccc2c(-c2ccc(C)o2)c2oc(C)cc12. The molecule has 0 spiro atoms. The predicted molar refractivity (Wildman–Crippen MR) is 110 cm³/mol. The molecule has 2 aromatic carbocycles. The van der Waals surface area contributed by atoms with Crippen LogP contribution in [0.15, 0.2) is 45.2 Å². The number of carbonyl (C=O) groups is 2. The number of amides is 2. The standard InChI is InChI=1S/C22H18ClNO4/c1-11-5-8-19(27-11)20-16-7-6-15(23)10-17(16)21(24(13(3)25)14(4)26)18-9-12(2)28-22(18)20/h5-10H,1-4H3. The summed E-state index contributed by atoms with van der Waals surface area (Å²) in [6.45, 7) is 6.42. The zero-order valence-electron chi connectivity index (χ0n) is 15.9. The van der Waals surface area contributed by atoms with Gasteiger partial charge in [-0.2, -0.15) is 0 Å². The first kappa shape index (κ1) is 18.3. The fraction of sp³-hybridized carbons (Fsp3) is 0.182. The lowest BCUT2D eigenvalue weighted by molar-refractivity contribution is -0.124. The molecule has 6 heteroatoms. The molecule has 0 radical (unpaired) electrons. The van der Waals surface area contributed by atoms with E-state index in [-0.39, 0.29) is 11.8 Å². The summed E-state index contributed by atoms with van der Waals surface area (Å²) in [5.41, 5.74) is 1.79. The molecule has 2 aromatic heterocycles.